The third-order valence-electron chi connectivity index (χ3n) is 2.80. The molecule has 0 unspecified atom stereocenters. The van der Waals surface area contributed by atoms with Crippen molar-refractivity contribution in [1.29, 1.82) is 0 Å². The second-order valence-electron chi connectivity index (χ2n) is 4.44. The van der Waals surface area contributed by atoms with Crippen LogP contribution in [0.25, 0.3) is 5.69 Å². The van der Waals surface area contributed by atoms with Gasteiger partial charge < -0.3 is 10.1 Å². The zero-order valence-corrected chi connectivity index (χ0v) is 11.5. The molecule has 0 atom stereocenters. The van der Waals surface area contributed by atoms with Gasteiger partial charge in [-0.2, -0.15) is 0 Å². The SMILES string of the molecule is COCCCNc1nc(C)cn1-c1ccc(F)cc1F. The first-order valence-electron chi connectivity index (χ1n) is 6.36. The average molecular weight is 281 g/mol. The highest BCUT2D eigenvalue weighted by Gasteiger charge is 2.11. The normalized spacial score (nSPS) is 10.8. The number of rotatable bonds is 6. The van der Waals surface area contributed by atoms with Crippen LogP contribution >= 0.6 is 0 Å². The third kappa shape index (κ3) is 3.33. The van der Waals surface area contributed by atoms with Gasteiger partial charge in [-0.3, -0.25) is 4.57 Å². The van der Waals surface area contributed by atoms with Gasteiger partial charge in [0.25, 0.3) is 0 Å². The number of aryl methyl sites for hydroxylation is 1. The maximum absolute atomic E-state index is 13.8. The monoisotopic (exact) mass is 281 g/mol. The molecule has 0 aliphatic carbocycles. The molecule has 0 saturated carbocycles. The largest absolute Gasteiger partial charge is 0.385 e. The van der Waals surface area contributed by atoms with Gasteiger partial charge in [-0.15, -0.1) is 0 Å². The molecule has 0 aliphatic rings. The Labute approximate surface area is 116 Å². The van der Waals surface area contributed by atoms with Gasteiger partial charge in [-0.05, 0) is 25.5 Å². The highest BCUT2D eigenvalue weighted by molar-refractivity contribution is 5.44. The molecule has 1 N–H and O–H groups in total. The van der Waals surface area contributed by atoms with Crippen molar-refractivity contribution < 1.29 is 13.5 Å². The molecule has 2 aromatic rings. The number of anilines is 1. The Bertz CT molecular complexity index is 584. The number of halogens is 2. The van der Waals surface area contributed by atoms with E-state index in [0.29, 0.717) is 19.1 Å². The fraction of sp³-hybridized carbons (Fsp3) is 0.357. The van der Waals surface area contributed by atoms with Gasteiger partial charge in [0.05, 0.1) is 11.4 Å². The number of nitrogens with zero attached hydrogens (tertiary/aromatic N) is 2. The summed E-state index contributed by atoms with van der Waals surface area (Å²) in [4.78, 5) is 4.30. The molecule has 0 spiro atoms. The van der Waals surface area contributed by atoms with Crippen molar-refractivity contribution in [1.82, 2.24) is 9.55 Å². The number of benzene rings is 1. The molecule has 1 aromatic carbocycles. The quantitative estimate of drug-likeness (QED) is 0.827. The summed E-state index contributed by atoms with van der Waals surface area (Å²) >= 11 is 0. The summed E-state index contributed by atoms with van der Waals surface area (Å²) in [6.07, 6.45) is 2.52. The van der Waals surface area contributed by atoms with Crippen LogP contribution in [0.2, 0.25) is 0 Å². The summed E-state index contributed by atoms with van der Waals surface area (Å²) in [5, 5.41) is 3.12. The number of hydrogen-bond donors (Lipinski definition) is 1. The predicted octanol–water partition coefficient (Wildman–Crippen LogP) is 2.91. The molecule has 20 heavy (non-hydrogen) atoms. The number of ether oxygens (including phenoxy) is 1. The summed E-state index contributed by atoms with van der Waals surface area (Å²) in [5.74, 6) is -0.691. The molecule has 1 heterocycles. The van der Waals surface area contributed by atoms with Crippen molar-refractivity contribution >= 4 is 5.95 Å². The number of methoxy groups -OCH3 is 1. The lowest BCUT2D eigenvalue weighted by Gasteiger charge is -2.10. The van der Waals surface area contributed by atoms with Crippen LogP contribution in [0.5, 0.6) is 0 Å². The molecule has 6 heteroatoms. The highest BCUT2D eigenvalue weighted by atomic mass is 19.1. The topological polar surface area (TPSA) is 39.1 Å². The van der Waals surface area contributed by atoms with Gasteiger partial charge in [0.15, 0.2) is 0 Å². The summed E-state index contributed by atoms with van der Waals surface area (Å²) in [5.41, 5.74) is 1.02. The van der Waals surface area contributed by atoms with Crippen LogP contribution in [0.1, 0.15) is 12.1 Å². The Morgan fingerprint density at radius 2 is 2.15 bits per heavy atom. The van der Waals surface area contributed by atoms with Crippen molar-refractivity contribution in [3.8, 4) is 5.69 Å². The van der Waals surface area contributed by atoms with Crippen LogP contribution in [-0.2, 0) is 4.74 Å². The zero-order chi connectivity index (χ0) is 14.5. The van der Waals surface area contributed by atoms with E-state index in [9.17, 15) is 8.78 Å². The van der Waals surface area contributed by atoms with Gasteiger partial charge in [-0.25, -0.2) is 13.8 Å². The standard InChI is InChI=1S/C14H17F2N3O/c1-10-9-19(13-5-4-11(15)8-12(13)16)14(18-10)17-6-3-7-20-2/h4-5,8-9H,3,6-7H2,1-2H3,(H,17,18). The Hall–Kier alpha value is -1.95. The van der Waals surface area contributed by atoms with E-state index in [1.807, 2.05) is 6.92 Å². The first-order chi connectivity index (χ1) is 9.61. The van der Waals surface area contributed by atoms with Crippen molar-refractivity contribution in [3.05, 3.63) is 41.7 Å². The Morgan fingerprint density at radius 3 is 2.85 bits per heavy atom. The molecule has 0 amide bonds. The van der Waals surface area contributed by atoms with E-state index in [1.165, 1.54) is 12.1 Å². The minimum Gasteiger partial charge on any atom is -0.385 e. The lowest BCUT2D eigenvalue weighted by atomic mass is 10.3. The molecular weight excluding hydrogens is 264 g/mol. The fourth-order valence-electron chi connectivity index (χ4n) is 1.90. The Kier molecular flexibility index (Phi) is 4.68. The van der Waals surface area contributed by atoms with E-state index in [1.54, 1.807) is 17.9 Å². The minimum atomic E-state index is -0.623. The van der Waals surface area contributed by atoms with Gasteiger partial charge in [0, 0.05) is 32.5 Å². The number of nitrogens with one attached hydrogen (secondary N) is 1. The zero-order valence-electron chi connectivity index (χ0n) is 11.5. The molecule has 4 nitrogen and oxygen atoms in total. The van der Waals surface area contributed by atoms with E-state index in [0.717, 1.165) is 18.2 Å². The lowest BCUT2D eigenvalue weighted by Crippen LogP contribution is -2.10. The molecule has 108 valence electrons. The Morgan fingerprint density at radius 1 is 1.35 bits per heavy atom. The molecule has 0 radical (unpaired) electrons. The van der Waals surface area contributed by atoms with Crippen LogP contribution in [-0.4, -0.2) is 29.8 Å². The van der Waals surface area contributed by atoms with E-state index >= 15 is 0 Å². The summed E-state index contributed by atoms with van der Waals surface area (Å²) < 4.78 is 33.3. The van der Waals surface area contributed by atoms with Crippen LogP contribution < -0.4 is 5.32 Å². The average Bonchev–Trinajstić information content (AvgIpc) is 2.76. The number of imidazole rings is 1. The maximum Gasteiger partial charge on any atom is 0.207 e. The first-order valence-corrected chi connectivity index (χ1v) is 6.36. The molecule has 0 aliphatic heterocycles. The predicted molar refractivity (Wildman–Crippen MR) is 73.2 cm³/mol. The summed E-state index contributed by atoms with van der Waals surface area (Å²) in [6, 6.07) is 3.48. The number of aromatic nitrogens is 2. The molecule has 0 fully saturated rings. The van der Waals surface area contributed by atoms with Crippen molar-refractivity contribution in [3.63, 3.8) is 0 Å². The van der Waals surface area contributed by atoms with Crippen LogP contribution in [0, 0.1) is 18.6 Å². The molecule has 1 aromatic heterocycles. The van der Waals surface area contributed by atoms with Gasteiger partial charge in [0.2, 0.25) is 5.95 Å². The number of hydrogen-bond acceptors (Lipinski definition) is 3. The fourth-order valence-corrected chi connectivity index (χ4v) is 1.90. The molecule has 0 saturated heterocycles. The molecule has 2 rings (SSSR count). The van der Waals surface area contributed by atoms with Crippen molar-refractivity contribution in [2.75, 3.05) is 25.6 Å². The lowest BCUT2D eigenvalue weighted by molar-refractivity contribution is 0.197. The minimum absolute atomic E-state index is 0.265. The van der Waals surface area contributed by atoms with Crippen LogP contribution in [0.3, 0.4) is 0 Å². The van der Waals surface area contributed by atoms with Crippen LogP contribution in [0.15, 0.2) is 24.4 Å². The van der Waals surface area contributed by atoms with Crippen LogP contribution in [0.4, 0.5) is 14.7 Å². The highest BCUT2D eigenvalue weighted by Crippen LogP contribution is 2.20. The summed E-state index contributed by atoms with van der Waals surface area (Å²) in [6.45, 7) is 3.11. The molecular formula is C14H17F2N3O. The second-order valence-corrected chi connectivity index (χ2v) is 4.44. The first kappa shape index (κ1) is 14.5. The van der Waals surface area contributed by atoms with Gasteiger partial charge in [-0.1, -0.05) is 0 Å². The van der Waals surface area contributed by atoms with Crippen molar-refractivity contribution in [2.24, 2.45) is 0 Å². The second kappa shape index (κ2) is 6.47. The van der Waals surface area contributed by atoms with E-state index in [-0.39, 0.29) is 5.69 Å². The van der Waals surface area contributed by atoms with Gasteiger partial charge in [0.1, 0.15) is 11.6 Å². The third-order valence-corrected chi connectivity index (χ3v) is 2.80. The van der Waals surface area contributed by atoms with Gasteiger partial charge >= 0.3 is 0 Å². The van der Waals surface area contributed by atoms with E-state index in [2.05, 4.69) is 10.3 Å². The maximum atomic E-state index is 13.8. The smallest absolute Gasteiger partial charge is 0.207 e. The van der Waals surface area contributed by atoms with Crippen molar-refractivity contribution in [2.45, 2.75) is 13.3 Å². The Balaban J connectivity index is 2.22. The molecule has 0 bridgehead atoms. The van der Waals surface area contributed by atoms with E-state index in [4.69, 9.17) is 4.74 Å². The van der Waals surface area contributed by atoms with E-state index < -0.39 is 11.6 Å². The summed E-state index contributed by atoms with van der Waals surface area (Å²) in [7, 11) is 1.64.